The molecule has 1 aromatic carbocycles. The van der Waals surface area contributed by atoms with Gasteiger partial charge in [0.25, 0.3) is 5.91 Å². The van der Waals surface area contributed by atoms with E-state index in [1.54, 1.807) is 18.4 Å². The molecule has 28 heavy (non-hydrogen) atoms. The summed E-state index contributed by atoms with van der Waals surface area (Å²) in [5.74, 6) is 0.835. The van der Waals surface area contributed by atoms with Gasteiger partial charge in [-0.25, -0.2) is 0 Å². The van der Waals surface area contributed by atoms with Crippen LogP contribution in [0.1, 0.15) is 33.8 Å². The van der Waals surface area contributed by atoms with E-state index in [2.05, 4.69) is 33.8 Å². The van der Waals surface area contributed by atoms with Crippen LogP contribution in [0.5, 0.6) is 5.75 Å². The van der Waals surface area contributed by atoms with Crippen molar-refractivity contribution in [2.45, 2.75) is 26.3 Å². The lowest BCUT2D eigenvalue weighted by Gasteiger charge is -2.15. The molecule has 1 aliphatic heterocycles. The van der Waals surface area contributed by atoms with Gasteiger partial charge < -0.3 is 19.5 Å². The van der Waals surface area contributed by atoms with Gasteiger partial charge in [-0.15, -0.1) is 11.3 Å². The van der Waals surface area contributed by atoms with Crippen LogP contribution >= 0.6 is 11.3 Å². The van der Waals surface area contributed by atoms with E-state index in [9.17, 15) is 4.79 Å². The Labute approximate surface area is 169 Å². The van der Waals surface area contributed by atoms with Crippen LogP contribution in [0.4, 0.5) is 0 Å². The van der Waals surface area contributed by atoms with Crippen LogP contribution in [0.2, 0.25) is 0 Å². The van der Waals surface area contributed by atoms with Crippen LogP contribution in [0.3, 0.4) is 0 Å². The van der Waals surface area contributed by atoms with Crippen molar-refractivity contribution in [1.82, 2.24) is 14.8 Å². The molecule has 6 heteroatoms. The van der Waals surface area contributed by atoms with Crippen molar-refractivity contribution in [3.05, 3.63) is 52.5 Å². The van der Waals surface area contributed by atoms with E-state index in [-0.39, 0.29) is 5.91 Å². The van der Waals surface area contributed by atoms with E-state index in [4.69, 9.17) is 4.74 Å². The largest absolute Gasteiger partial charge is 0.497 e. The smallest absolute Gasteiger partial charge is 0.268 e. The highest BCUT2D eigenvalue weighted by Crippen LogP contribution is 2.29. The highest BCUT2D eigenvalue weighted by Gasteiger charge is 2.18. The number of nitrogens with one attached hydrogen (secondary N) is 1. The number of benzene rings is 1. The maximum atomic E-state index is 12.9. The van der Waals surface area contributed by atoms with E-state index < -0.39 is 0 Å². The second-order valence-corrected chi connectivity index (χ2v) is 8.67. The number of ether oxygens (including phenoxy) is 1. The van der Waals surface area contributed by atoms with Crippen molar-refractivity contribution in [3.8, 4) is 5.75 Å². The predicted molar refractivity (Wildman–Crippen MR) is 115 cm³/mol. The summed E-state index contributed by atoms with van der Waals surface area (Å²) in [6.07, 6.45) is 2.54. The molecule has 0 aliphatic carbocycles. The SMILES string of the molecule is COc1cccc(Cn2c(C(=O)NCCN3CCCC3)cc3sc(C)cc32)c1. The quantitative estimate of drug-likeness (QED) is 0.658. The van der Waals surface area contributed by atoms with Gasteiger partial charge in [0.2, 0.25) is 0 Å². The van der Waals surface area contributed by atoms with Crippen LogP contribution in [-0.4, -0.2) is 48.7 Å². The molecular weight excluding hydrogens is 370 g/mol. The number of methoxy groups -OCH3 is 1. The number of nitrogens with zero attached hydrogens (tertiary/aromatic N) is 2. The van der Waals surface area contributed by atoms with Crippen molar-refractivity contribution in [2.75, 3.05) is 33.3 Å². The first-order chi connectivity index (χ1) is 13.6. The fourth-order valence-electron chi connectivity index (χ4n) is 3.90. The van der Waals surface area contributed by atoms with Gasteiger partial charge >= 0.3 is 0 Å². The Kier molecular flexibility index (Phi) is 5.69. The van der Waals surface area contributed by atoms with Gasteiger partial charge in [-0.2, -0.15) is 0 Å². The maximum Gasteiger partial charge on any atom is 0.268 e. The summed E-state index contributed by atoms with van der Waals surface area (Å²) in [4.78, 5) is 16.6. The zero-order chi connectivity index (χ0) is 19.5. The molecular formula is C22H27N3O2S. The molecule has 2 aromatic heterocycles. The molecule has 0 atom stereocenters. The third-order valence-corrected chi connectivity index (χ3v) is 6.32. The van der Waals surface area contributed by atoms with Crippen molar-refractivity contribution in [3.63, 3.8) is 0 Å². The fraction of sp³-hybridized carbons (Fsp3) is 0.409. The summed E-state index contributed by atoms with van der Waals surface area (Å²) >= 11 is 1.73. The van der Waals surface area contributed by atoms with Crippen molar-refractivity contribution >= 4 is 27.5 Å². The number of likely N-dealkylation sites (tertiary alicyclic amines) is 1. The lowest BCUT2D eigenvalue weighted by molar-refractivity contribution is 0.0941. The lowest BCUT2D eigenvalue weighted by atomic mass is 10.2. The molecule has 0 spiro atoms. The Hall–Kier alpha value is -2.31. The van der Waals surface area contributed by atoms with Gasteiger partial charge in [-0.3, -0.25) is 4.79 Å². The Morgan fingerprint density at radius 3 is 2.82 bits per heavy atom. The molecule has 0 unspecified atom stereocenters. The molecule has 148 valence electrons. The Morgan fingerprint density at radius 2 is 2.04 bits per heavy atom. The summed E-state index contributed by atoms with van der Waals surface area (Å²) in [5, 5.41) is 3.12. The minimum absolute atomic E-state index is 0.00291. The standard InChI is InChI=1S/C22H27N3O2S/c1-16-12-19-21(28-16)14-20(22(26)23-8-11-24-9-3-4-10-24)25(19)15-17-6-5-7-18(13-17)27-2/h5-7,12-14H,3-4,8-11,15H2,1-2H3,(H,23,26). The summed E-state index contributed by atoms with van der Waals surface area (Å²) in [7, 11) is 1.68. The molecule has 1 N–H and O–H groups in total. The van der Waals surface area contributed by atoms with E-state index in [0.717, 1.165) is 46.9 Å². The Morgan fingerprint density at radius 1 is 1.21 bits per heavy atom. The van der Waals surface area contributed by atoms with Crippen molar-refractivity contribution in [2.24, 2.45) is 0 Å². The van der Waals surface area contributed by atoms with Gasteiger partial charge in [-0.05, 0) is 62.7 Å². The number of amides is 1. The zero-order valence-corrected chi connectivity index (χ0v) is 17.3. The van der Waals surface area contributed by atoms with E-state index >= 15 is 0 Å². The van der Waals surface area contributed by atoms with Gasteiger partial charge in [0.1, 0.15) is 11.4 Å². The highest BCUT2D eigenvalue weighted by atomic mass is 32.1. The first kappa shape index (κ1) is 19.0. The second kappa shape index (κ2) is 8.37. The third-order valence-electron chi connectivity index (χ3n) is 5.33. The topological polar surface area (TPSA) is 46.5 Å². The summed E-state index contributed by atoms with van der Waals surface area (Å²) in [6.45, 7) is 6.67. The average molecular weight is 398 g/mol. The molecule has 5 nitrogen and oxygen atoms in total. The Bertz CT molecular complexity index is 969. The van der Waals surface area contributed by atoms with E-state index in [1.807, 2.05) is 24.3 Å². The minimum Gasteiger partial charge on any atom is -0.497 e. The first-order valence-electron chi connectivity index (χ1n) is 9.87. The van der Waals surface area contributed by atoms with Crippen LogP contribution in [0, 0.1) is 6.92 Å². The highest BCUT2D eigenvalue weighted by molar-refractivity contribution is 7.19. The third kappa shape index (κ3) is 4.08. The average Bonchev–Trinajstić information content (AvgIpc) is 3.40. The lowest BCUT2D eigenvalue weighted by Crippen LogP contribution is -2.34. The number of carbonyl (C=O) groups is 1. The number of hydrogen-bond donors (Lipinski definition) is 1. The molecule has 0 saturated carbocycles. The van der Waals surface area contributed by atoms with E-state index in [0.29, 0.717) is 13.1 Å². The number of aromatic nitrogens is 1. The van der Waals surface area contributed by atoms with Crippen LogP contribution in [-0.2, 0) is 6.54 Å². The molecule has 1 saturated heterocycles. The predicted octanol–water partition coefficient (Wildman–Crippen LogP) is 3.89. The van der Waals surface area contributed by atoms with Gasteiger partial charge in [0, 0.05) is 24.5 Å². The molecule has 0 bridgehead atoms. The minimum atomic E-state index is 0.00291. The normalized spacial score (nSPS) is 14.6. The summed E-state index contributed by atoms with van der Waals surface area (Å²) < 4.78 is 8.64. The molecule has 1 amide bonds. The fourth-order valence-corrected chi connectivity index (χ4v) is 4.86. The van der Waals surface area contributed by atoms with Gasteiger partial charge in [0.05, 0.1) is 17.3 Å². The second-order valence-electron chi connectivity index (χ2n) is 7.38. The number of thiophene rings is 1. The van der Waals surface area contributed by atoms with Crippen molar-refractivity contribution in [1.29, 1.82) is 0 Å². The molecule has 1 fully saturated rings. The number of hydrogen-bond acceptors (Lipinski definition) is 4. The maximum absolute atomic E-state index is 12.9. The Balaban J connectivity index is 1.55. The monoisotopic (exact) mass is 397 g/mol. The van der Waals surface area contributed by atoms with Crippen LogP contribution < -0.4 is 10.1 Å². The van der Waals surface area contributed by atoms with E-state index in [1.165, 1.54) is 17.7 Å². The zero-order valence-electron chi connectivity index (χ0n) is 16.5. The summed E-state index contributed by atoms with van der Waals surface area (Å²) in [6, 6.07) is 12.2. The van der Waals surface area contributed by atoms with Crippen LogP contribution in [0.15, 0.2) is 36.4 Å². The molecule has 0 radical (unpaired) electrons. The van der Waals surface area contributed by atoms with Gasteiger partial charge in [-0.1, -0.05) is 12.1 Å². The molecule has 4 rings (SSSR count). The number of aryl methyl sites for hydroxylation is 1. The van der Waals surface area contributed by atoms with Gasteiger partial charge in [0.15, 0.2) is 0 Å². The molecule has 3 heterocycles. The first-order valence-corrected chi connectivity index (χ1v) is 10.7. The van der Waals surface area contributed by atoms with Crippen LogP contribution in [0.25, 0.3) is 10.2 Å². The molecule has 1 aliphatic rings. The van der Waals surface area contributed by atoms with Crippen molar-refractivity contribution < 1.29 is 9.53 Å². The number of carbonyl (C=O) groups excluding carboxylic acids is 1. The number of fused-ring (bicyclic) bond motifs is 1. The summed E-state index contributed by atoms with van der Waals surface area (Å²) in [5.41, 5.74) is 2.97. The molecule has 3 aromatic rings. The number of rotatable bonds is 7.